The minimum absolute atomic E-state index is 0.0262. The Bertz CT molecular complexity index is 491. The molecular formula is C11H16N2O4S. The molecule has 1 N–H and O–H groups in total. The highest BCUT2D eigenvalue weighted by molar-refractivity contribution is 7.07. The number of aryl methyl sites for hydroxylation is 1. The zero-order chi connectivity index (χ0) is 13.7. The third kappa shape index (κ3) is 3.69. The fourth-order valence-corrected chi connectivity index (χ4v) is 2.26. The first-order chi connectivity index (χ1) is 8.45. The van der Waals surface area contributed by atoms with E-state index in [1.54, 1.807) is 19.2 Å². The topological polar surface area (TPSA) is 79.6 Å². The maximum atomic E-state index is 11.9. The molecule has 6 nitrogen and oxygen atoms in total. The molecule has 1 rings (SSSR count). The summed E-state index contributed by atoms with van der Waals surface area (Å²) in [6.45, 7) is 4.12. The van der Waals surface area contributed by atoms with Gasteiger partial charge in [0.2, 0.25) is 5.91 Å². The predicted molar refractivity (Wildman–Crippen MR) is 67.8 cm³/mol. The molecule has 0 aromatic carbocycles. The maximum Gasteiger partial charge on any atom is 0.307 e. The lowest BCUT2D eigenvalue weighted by Crippen LogP contribution is -2.37. The molecule has 1 aromatic heterocycles. The number of carboxylic acids is 1. The number of amides is 1. The molecular weight excluding hydrogens is 256 g/mol. The van der Waals surface area contributed by atoms with Crippen LogP contribution in [0.3, 0.4) is 0 Å². The monoisotopic (exact) mass is 272 g/mol. The molecule has 100 valence electrons. The summed E-state index contributed by atoms with van der Waals surface area (Å²) >= 11 is 1.05. The maximum absolute atomic E-state index is 11.9. The minimum Gasteiger partial charge on any atom is -0.481 e. The Labute approximate surface area is 108 Å². The van der Waals surface area contributed by atoms with Crippen LogP contribution in [0.5, 0.6) is 0 Å². The highest BCUT2D eigenvalue weighted by atomic mass is 32.1. The van der Waals surface area contributed by atoms with Gasteiger partial charge in [-0.25, -0.2) is 0 Å². The van der Waals surface area contributed by atoms with Gasteiger partial charge in [0, 0.05) is 24.2 Å². The number of rotatable bonds is 6. The molecule has 0 unspecified atom stereocenters. The summed E-state index contributed by atoms with van der Waals surface area (Å²) in [5.41, 5.74) is 0.743. The Morgan fingerprint density at radius 2 is 2.17 bits per heavy atom. The summed E-state index contributed by atoms with van der Waals surface area (Å²) in [5, 5.41) is 10.3. The molecule has 1 heterocycles. The molecule has 18 heavy (non-hydrogen) atoms. The van der Waals surface area contributed by atoms with Crippen molar-refractivity contribution in [1.82, 2.24) is 9.47 Å². The molecule has 0 spiro atoms. The fraction of sp³-hybridized carbons (Fsp3) is 0.545. The first-order valence-corrected chi connectivity index (χ1v) is 6.48. The number of hydrogen-bond donors (Lipinski definition) is 1. The lowest BCUT2D eigenvalue weighted by molar-refractivity contribution is -0.138. The van der Waals surface area contributed by atoms with E-state index in [1.165, 1.54) is 9.47 Å². The Kier molecular flexibility index (Phi) is 5.08. The number of likely N-dealkylation sites (N-methyl/N-ethyl adjacent to an activating group) is 1. The van der Waals surface area contributed by atoms with Gasteiger partial charge in [-0.05, 0) is 13.8 Å². The molecule has 0 fully saturated rings. The van der Waals surface area contributed by atoms with Crippen molar-refractivity contribution in [2.75, 3.05) is 13.1 Å². The van der Waals surface area contributed by atoms with Gasteiger partial charge in [-0.1, -0.05) is 11.3 Å². The summed E-state index contributed by atoms with van der Waals surface area (Å²) in [6, 6.07) is 0. The van der Waals surface area contributed by atoms with Crippen molar-refractivity contribution in [1.29, 1.82) is 0 Å². The van der Waals surface area contributed by atoms with E-state index in [0.717, 1.165) is 17.0 Å². The molecule has 1 aromatic rings. The van der Waals surface area contributed by atoms with Crippen molar-refractivity contribution in [3.05, 3.63) is 20.7 Å². The largest absolute Gasteiger partial charge is 0.481 e. The van der Waals surface area contributed by atoms with Crippen LogP contribution in [-0.4, -0.2) is 39.5 Å². The van der Waals surface area contributed by atoms with Gasteiger partial charge in [-0.3, -0.25) is 19.0 Å². The van der Waals surface area contributed by atoms with Crippen LogP contribution in [-0.2, 0) is 16.1 Å². The number of carbonyl (C=O) groups excluding carboxylic acids is 1. The van der Waals surface area contributed by atoms with Crippen molar-refractivity contribution in [2.45, 2.75) is 26.8 Å². The first-order valence-electron chi connectivity index (χ1n) is 5.60. The van der Waals surface area contributed by atoms with Crippen molar-refractivity contribution < 1.29 is 14.7 Å². The zero-order valence-electron chi connectivity index (χ0n) is 10.4. The van der Waals surface area contributed by atoms with Gasteiger partial charge >= 0.3 is 10.8 Å². The van der Waals surface area contributed by atoms with Gasteiger partial charge in [-0.15, -0.1) is 0 Å². The molecule has 0 aliphatic heterocycles. The average Bonchev–Trinajstić information content (AvgIpc) is 2.61. The Morgan fingerprint density at radius 3 is 2.61 bits per heavy atom. The van der Waals surface area contributed by atoms with Crippen LogP contribution in [0, 0.1) is 6.92 Å². The Hall–Kier alpha value is -1.63. The molecule has 0 bridgehead atoms. The molecule has 0 aliphatic carbocycles. The molecule has 7 heteroatoms. The molecule has 0 saturated carbocycles. The number of carboxylic acid groups (broad SMARTS) is 1. The van der Waals surface area contributed by atoms with Gasteiger partial charge in [-0.2, -0.15) is 0 Å². The lowest BCUT2D eigenvalue weighted by atomic mass is 10.3. The number of aromatic nitrogens is 1. The number of thiazole rings is 1. The van der Waals surface area contributed by atoms with E-state index in [1.807, 2.05) is 0 Å². The molecule has 1 amide bonds. The van der Waals surface area contributed by atoms with E-state index in [0.29, 0.717) is 6.54 Å². The molecule has 0 atom stereocenters. The number of carbonyl (C=O) groups is 2. The number of aliphatic carboxylic acids is 1. The second-order valence-electron chi connectivity index (χ2n) is 3.85. The van der Waals surface area contributed by atoms with E-state index in [2.05, 4.69) is 0 Å². The average molecular weight is 272 g/mol. The van der Waals surface area contributed by atoms with Crippen LogP contribution in [0.4, 0.5) is 0 Å². The van der Waals surface area contributed by atoms with E-state index < -0.39 is 5.97 Å². The van der Waals surface area contributed by atoms with Crippen LogP contribution < -0.4 is 4.87 Å². The Balaban J connectivity index is 2.68. The summed E-state index contributed by atoms with van der Waals surface area (Å²) in [6.07, 6.45) is -0.0862. The summed E-state index contributed by atoms with van der Waals surface area (Å²) in [4.78, 5) is 35.2. The quantitative estimate of drug-likeness (QED) is 0.819. The normalized spacial score (nSPS) is 10.3. The number of hydrogen-bond acceptors (Lipinski definition) is 4. The van der Waals surface area contributed by atoms with Gasteiger partial charge in [0.15, 0.2) is 0 Å². The Morgan fingerprint density at radius 1 is 1.50 bits per heavy atom. The highest BCUT2D eigenvalue weighted by Gasteiger charge is 2.15. The van der Waals surface area contributed by atoms with E-state index in [9.17, 15) is 14.4 Å². The highest BCUT2D eigenvalue weighted by Crippen LogP contribution is 2.02. The molecule has 0 saturated heterocycles. The zero-order valence-corrected chi connectivity index (χ0v) is 11.2. The minimum atomic E-state index is -0.940. The third-order valence-corrected chi connectivity index (χ3v) is 3.48. The summed E-state index contributed by atoms with van der Waals surface area (Å²) < 4.78 is 1.40. The second-order valence-corrected chi connectivity index (χ2v) is 4.67. The van der Waals surface area contributed by atoms with Crippen molar-refractivity contribution in [2.24, 2.45) is 0 Å². The van der Waals surface area contributed by atoms with Crippen molar-refractivity contribution in [3.63, 3.8) is 0 Å². The first kappa shape index (κ1) is 14.4. The second kappa shape index (κ2) is 6.34. The van der Waals surface area contributed by atoms with E-state index in [4.69, 9.17) is 5.11 Å². The van der Waals surface area contributed by atoms with Gasteiger partial charge < -0.3 is 10.0 Å². The predicted octanol–water partition coefficient (Wildman–Crippen LogP) is 0.541. The summed E-state index contributed by atoms with van der Waals surface area (Å²) in [7, 11) is 0. The van der Waals surface area contributed by atoms with Gasteiger partial charge in [0.05, 0.1) is 6.42 Å². The summed E-state index contributed by atoms with van der Waals surface area (Å²) in [5.74, 6) is -1.17. The van der Waals surface area contributed by atoms with Crippen molar-refractivity contribution in [3.8, 4) is 0 Å². The van der Waals surface area contributed by atoms with E-state index in [-0.39, 0.29) is 30.3 Å². The van der Waals surface area contributed by atoms with Crippen LogP contribution in [0.15, 0.2) is 10.2 Å². The fourth-order valence-electron chi connectivity index (χ4n) is 1.52. The molecule has 0 radical (unpaired) electrons. The van der Waals surface area contributed by atoms with Gasteiger partial charge in [0.25, 0.3) is 0 Å². The number of nitrogens with zero attached hydrogens (tertiary/aromatic N) is 2. The SMILES string of the molecule is CCN(CCC(=O)O)C(=O)Cn1c(C)csc1=O. The standard InChI is InChI=1S/C11H16N2O4S/c1-3-12(5-4-10(15)16)9(14)6-13-8(2)7-18-11(13)17/h7H,3-6H2,1-2H3,(H,15,16). The van der Waals surface area contributed by atoms with Crippen LogP contribution in [0.1, 0.15) is 19.0 Å². The third-order valence-electron chi connectivity index (χ3n) is 2.60. The molecule has 0 aliphatic rings. The van der Waals surface area contributed by atoms with E-state index >= 15 is 0 Å². The van der Waals surface area contributed by atoms with Crippen molar-refractivity contribution >= 4 is 23.2 Å². The lowest BCUT2D eigenvalue weighted by Gasteiger charge is -2.20. The van der Waals surface area contributed by atoms with Gasteiger partial charge in [0.1, 0.15) is 6.54 Å². The van der Waals surface area contributed by atoms with Crippen LogP contribution >= 0.6 is 11.3 Å². The smallest absolute Gasteiger partial charge is 0.307 e. The van der Waals surface area contributed by atoms with Crippen LogP contribution in [0.25, 0.3) is 0 Å². The van der Waals surface area contributed by atoms with Crippen LogP contribution in [0.2, 0.25) is 0 Å².